The van der Waals surface area contributed by atoms with Gasteiger partial charge in [0.2, 0.25) is 0 Å². The van der Waals surface area contributed by atoms with Gasteiger partial charge in [-0.2, -0.15) is 5.10 Å². The molecule has 0 radical (unpaired) electrons. The first-order valence-electron chi connectivity index (χ1n) is 12.0. The molecular weight excluding hydrogens is 526 g/mol. The molecular formula is C29H21ClF2N4O3. The van der Waals surface area contributed by atoms with E-state index in [0.717, 1.165) is 33.6 Å². The summed E-state index contributed by atoms with van der Waals surface area (Å²) in [5.41, 5.74) is 3.23. The number of halogens is 3. The van der Waals surface area contributed by atoms with E-state index in [9.17, 15) is 23.2 Å². The third-order valence-electron chi connectivity index (χ3n) is 6.16. The van der Waals surface area contributed by atoms with E-state index in [-0.39, 0.29) is 29.6 Å². The van der Waals surface area contributed by atoms with Crippen molar-refractivity contribution in [2.24, 2.45) is 0 Å². The number of Topliss-reactive ketones (excluding diaryl/α,β-unsaturated/α-hetero) is 1. The summed E-state index contributed by atoms with van der Waals surface area (Å²) in [7, 11) is 0. The lowest BCUT2D eigenvalue weighted by atomic mass is 10.0. The van der Waals surface area contributed by atoms with Gasteiger partial charge < -0.3 is 10.3 Å². The SMILES string of the molecule is O=C1Nc2cc(/C=C/CCC(=O)c3cc(Cl)nn(Cc4ccc(F)c(F)c4)c3=O)ccc2/C1=C/c1ccc[nH]1. The van der Waals surface area contributed by atoms with Crippen LogP contribution in [0.1, 0.15) is 45.6 Å². The quantitative estimate of drug-likeness (QED) is 0.218. The molecule has 5 rings (SSSR count). The highest BCUT2D eigenvalue weighted by Crippen LogP contribution is 2.34. The first kappa shape index (κ1) is 26.0. The number of aromatic amines is 1. The van der Waals surface area contributed by atoms with Crippen molar-refractivity contribution < 1.29 is 18.4 Å². The van der Waals surface area contributed by atoms with Crippen molar-refractivity contribution in [2.45, 2.75) is 19.4 Å². The van der Waals surface area contributed by atoms with E-state index in [1.807, 2.05) is 36.4 Å². The van der Waals surface area contributed by atoms with Crippen LogP contribution in [0.4, 0.5) is 14.5 Å². The number of fused-ring (bicyclic) bond motifs is 1. The fourth-order valence-corrected chi connectivity index (χ4v) is 4.44. The number of nitrogens with one attached hydrogen (secondary N) is 2. The maximum absolute atomic E-state index is 13.5. The van der Waals surface area contributed by atoms with Gasteiger partial charge in [0.05, 0.1) is 17.7 Å². The van der Waals surface area contributed by atoms with Crippen LogP contribution in [0.15, 0.2) is 71.7 Å². The molecule has 7 nitrogen and oxygen atoms in total. The fourth-order valence-electron chi connectivity index (χ4n) is 4.24. The Hall–Kier alpha value is -4.63. The Morgan fingerprint density at radius 3 is 2.67 bits per heavy atom. The summed E-state index contributed by atoms with van der Waals surface area (Å²) in [5.74, 6) is -2.66. The fraction of sp³-hybridized carbons (Fsp3) is 0.103. The first-order chi connectivity index (χ1) is 18.8. The van der Waals surface area contributed by atoms with Crippen LogP contribution in [0.2, 0.25) is 5.15 Å². The van der Waals surface area contributed by atoms with Gasteiger partial charge in [0, 0.05) is 29.6 Å². The highest BCUT2D eigenvalue weighted by Gasteiger charge is 2.24. The minimum absolute atomic E-state index is 0.0436. The summed E-state index contributed by atoms with van der Waals surface area (Å²) in [5, 5.41) is 6.71. The number of amides is 1. The van der Waals surface area contributed by atoms with E-state index in [4.69, 9.17) is 11.6 Å². The highest BCUT2D eigenvalue weighted by atomic mass is 35.5. The molecule has 39 heavy (non-hydrogen) atoms. The first-order valence-corrected chi connectivity index (χ1v) is 12.4. The van der Waals surface area contributed by atoms with Crippen molar-refractivity contribution in [2.75, 3.05) is 5.32 Å². The summed E-state index contributed by atoms with van der Waals surface area (Å²) in [4.78, 5) is 41.1. The Kier molecular flexibility index (Phi) is 7.33. The number of aromatic nitrogens is 3. The molecule has 2 aromatic carbocycles. The molecule has 10 heteroatoms. The van der Waals surface area contributed by atoms with Crippen molar-refractivity contribution in [1.29, 1.82) is 0 Å². The summed E-state index contributed by atoms with van der Waals surface area (Å²) in [6, 6.07) is 13.8. The predicted molar refractivity (Wildman–Crippen MR) is 145 cm³/mol. The number of carbonyl (C=O) groups excluding carboxylic acids is 2. The van der Waals surface area contributed by atoms with Crippen LogP contribution >= 0.6 is 11.6 Å². The van der Waals surface area contributed by atoms with Crippen LogP contribution < -0.4 is 10.9 Å². The molecule has 1 amide bonds. The molecule has 0 bridgehead atoms. The zero-order valence-electron chi connectivity index (χ0n) is 20.4. The largest absolute Gasteiger partial charge is 0.362 e. The minimum Gasteiger partial charge on any atom is -0.362 e. The van der Waals surface area contributed by atoms with E-state index in [1.54, 1.807) is 18.3 Å². The molecule has 2 aromatic heterocycles. The topological polar surface area (TPSA) is 96.8 Å². The van der Waals surface area contributed by atoms with E-state index >= 15 is 0 Å². The second-order valence-electron chi connectivity index (χ2n) is 8.90. The normalized spacial score (nSPS) is 13.7. The number of ketones is 1. The molecule has 0 saturated heterocycles. The van der Waals surface area contributed by atoms with Crippen LogP contribution in [0.5, 0.6) is 0 Å². The van der Waals surface area contributed by atoms with Crippen LogP contribution in [0, 0.1) is 11.6 Å². The molecule has 4 aromatic rings. The van der Waals surface area contributed by atoms with E-state index in [0.29, 0.717) is 23.2 Å². The molecule has 0 atom stereocenters. The summed E-state index contributed by atoms with van der Waals surface area (Å²) < 4.78 is 27.7. The Morgan fingerprint density at radius 2 is 1.90 bits per heavy atom. The molecule has 2 N–H and O–H groups in total. The van der Waals surface area contributed by atoms with E-state index in [1.165, 1.54) is 12.1 Å². The number of benzene rings is 2. The van der Waals surface area contributed by atoms with Crippen molar-refractivity contribution in [1.82, 2.24) is 14.8 Å². The maximum Gasteiger partial charge on any atom is 0.278 e. The Labute approximate surface area is 226 Å². The Morgan fingerprint density at radius 1 is 1.05 bits per heavy atom. The monoisotopic (exact) mass is 546 g/mol. The minimum atomic E-state index is -1.05. The number of rotatable bonds is 8. The van der Waals surface area contributed by atoms with Gasteiger partial charge in [0.15, 0.2) is 22.6 Å². The van der Waals surface area contributed by atoms with Gasteiger partial charge in [0.1, 0.15) is 0 Å². The molecule has 0 spiro atoms. The van der Waals surface area contributed by atoms with Crippen LogP contribution in [-0.2, 0) is 11.3 Å². The molecule has 0 fully saturated rings. The molecule has 1 aliphatic heterocycles. The molecule has 3 heterocycles. The van der Waals surface area contributed by atoms with Crippen molar-refractivity contribution >= 4 is 46.7 Å². The number of hydrogen-bond donors (Lipinski definition) is 2. The third kappa shape index (κ3) is 5.78. The number of hydrogen-bond acceptors (Lipinski definition) is 4. The van der Waals surface area contributed by atoms with Gasteiger partial charge in [0.25, 0.3) is 11.5 Å². The van der Waals surface area contributed by atoms with Crippen molar-refractivity contribution in [3.8, 4) is 0 Å². The smallest absolute Gasteiger partial charge is 0.278 e. The van der Waals surface area contributed by atoms with Crippen LogP contribution in [0.3, 0.4) is 0 Å². The zero-order valence-corrected chi connectivity index (χ0v) is 21.1. The molecule has 196 valence electrons. The Bertz CT molecular complexity index is 1710. The lowest BCUT2D eigenvalue weighted by Gasteiger charge is -2.08. The highest BCUT2D eigenvalue weighted by molar-refractivity contribution is 6.34. The predicted octanol–water partition coefficient (Wildman–Crippen LogP) is 5.72. The Balaban J connectivity index is 1.25. The number of nitrogens with zero attached hydrogens (tertiary/aromatic N) is 2. The molecule has 0 unspecified atom stereocenters. The van der Waals surface area contributed by atoms with Crippen LogP contribution in [-0.4, -0.2) is 26.5 Å². The van der Waals surface area contributed by atoms with Crippen LogP contribution in [0.25, 0.3) is 17.7 Å². The lowest BCUT2D eigenvalue weighted by molar-refractivity contribution is -0.110. The lowest BCUT2D eigenvalue weighted by Crippen LogP contribution is -2.29. The van der Waals surface area contributed by atoms with Gasteiger partial charge in [-0.1, -0.05) is 42.0 Å². The van der Waals surface area contributed by atoms with Gasteiger partial charge >= 0.3 is 0 Å². The number of anilines is 1. The number of carbonyl (C=O) groups is 2. The second-order valence-corrected chi connectivity index (χ2v) is 9.29. The second kappa shape index (κ2) is 11.0. The average molecular weight is 547 g/mol. The molecule has 0 saturated carbocycles. The summed E-state index contributed by atoms with van der Waals surface area (Å²) >= 11 is 6.03. The van der Waals surface area contributed by atoms with Gasteiger partial charge in [-0.25, -0.2) is 13.5 Å². The number of allylic oxidation sites excluding steroid dienone is 1. The summed E-state index contributed by atoms with van der Waals surface area (Å²) in [6.07, 6.45) is 7.60. The third-order valence-corrected chi connectivity index (χ3v) is 6.34. The van der Waals surface area contributed by atoms with E-state index < -0.39 is 23.0 Å². The van der Waals surface area contributed by atoms with E-state index in [2.05, 4.69) is 15.4 Å². The summed E-state index contributed by atoms with van der Waals surface area (Å²) in [6.45, 7) is -0.173. The molecule has 1 aliphatic rings. The van der Waals surface area contributed by atoms with Crippen molar-refractivity contribution in [3.05, 3.63) is 122 Å². The van der Waals surface area contributed by atoms with Crippen molar-refractivity contribution in [3.63, 3.8) is 0 Å². The zero-order chi connectivity index (χ0) is 27.5. The maximum atomic E-state index is 13.5. The van der Waals surface area contributed by atoms with Gasteiger partial charge in [-0.3, -0.25) is 14.4 Å². The van der Waals surface area contributed by atoms with Gasteiger partial charge in [-0.05, 0) is 60.0 Å². The number of H-pyrrole nitrogens is 1. The average Bonchev–Trinajstić information content (AvgIpc) is 3.53. The van der Waals surface area contributed by atoms with Gasteiger partial charge in [-0.15, -0.1) is 0 Å². The molecule has 0 aliphatic carbocycles. The standard InChI is InChI=1S/C29H21ClF2N4O3/c30-27-15-22(29(39)36(35-27)16-18-8-10-23(31)24(32)12-18)26(37)6-2-1-4-17-7-9-20-21(14-19-5-3-11-33-19)28(38)34-25(20)13-17/h1,3-5,7-15,33H,2,6,16H2,(H,34,38)/b4-1+,21-14-.